The van der Waals surface area contributed by atoms with E-state index in [0.717, 1.165) is 0 Å². The lowest BCUT2D eigenvalue weighted by atomic mass is 10.1. The molecule has 0 unspecified atom stereocenters. The summed E-state index contributed by atoms with van der Waals surface area (Å²) in [5.74, 6) is -0.949. The molecule has 0 amide bonds. The number of aromatic hydroxyl groups is 1. The molecule has 0 saturated carbocycles. The summed E-state index contributed by atoms with van der Waals surface area (Å²) >= 11 is 1.19. The molecule has 0 aliphatic heterocycles. The molecule has 0 atom stereocenters. The normalized spacial score (nSPS) is 11.4. The largest absolute Gasteiger partial charge is 0.508 e. The minimum atomic E-state index is -1.08. The number of phenols is 1. The van der Waals surface area contributed by atoms with Crippen molar-refractivity contribution < 1.29 is 15.0 Å². The number of benzene rings is 1. The lowest BCUT2D eigenvalue weighted by molar-refractivity contribution is -0.130. The molecule has 0 bridgehead atoms. The average molecular weight is 262 g/mol. The molecular formula is C12H10N2O3S. The summed E-state index contributed by atoms with van der Waals surface area (Å²) in [6, 6.07) is 6.21. The Morgan fingerprint density at radius 2 is 2.00 bits per heavy atom. The topological polar surface area (TPSA) is 96.4 Å². The number of anilines is 1. The highest BCUT2D eigenvalue weighted by molar-refractivity contribution is 7.13. The predicted molar refractivity (Wildman–Crippen MR) is 70.1 cm³/mol. The van der Waals surface area contributed by atoms with Gasteiger partial charge in [-0.25, -0.2) is 9.78 Å². The standard InChI is InChI=1S/C12H10N2O3S/c13-12-14-10(6-18-12)9(11(16)17)5-7-1-3-8(15)4-2-7/h1-6,15H,(H2,13,14)(H,16,17). The van der Waals surface area contributed by atoms with Crippen LogP contribution in [0.3, 0.4) is 0 Å². The van der Waals surface area contributed by atoms with Gasteiger partial charge in [0.1, 0.15) is 5.75 Å². The van der Waals surface area contributed by atoms with Gasteiger partial charge in [0.2, 0.25) is 0 Å². The molecule has 0 saturated heterocycles. The van der Waals surface area contributed by atoms with Gasteiger partial charge >= 0.3 is 5.97 Å². The quantitative estimate of drug-likeness (QED) is 0.736. The third-order valence-electron chi connectivity index (χ3n) is 2.23. The number of carboxylic acids is 1. The number of nitrogens with two attached hydrogens (primary N) is 1. The molecule has 2 rings (SSSR count). The maximum Gasteiger partial charge on any atom is 0.337 e. The summed E-state index contributed by atoms with van der Waals surface area (Å²) in [4.78, 5) is 15.1. The second kappa shape index (κ2) is 4.89. The molecule has 4 N–H and O–H groups in total. The Balaban J connectivity index is 2.42. The van der Waals surface area contributed by atoms with E-state index in [1.54, 1.807) is 17.5 Å². The highest BCUT2D eigenvalue weighted by Gasteiger charge is 2.13. The number of carbonyl (C=O) groups is 1. The van der Waals surface area contributed by atoms with Crippen LogP contribution in [0.2, 0.25) is 0 Å². The highest BCUT2D eigenvalue weighted by atomic mass is 32.1. The van der Waals surface area contributed by atoms with Crippen molar-refractivity contribution in [1.29, 1.82) is 0 Å². The predicted octanol–water partition coefficient (Wildman–Crippen LogP) is 2.06. The minimum absolute atomic E-state index is 0.0636. The number of phenolic OH excluding ortho intramolecular Hbond substituents is 1. The second-order valence-corrected chi connectivity index (χ2v) is 4.42. The van der Waals surface area contributed by atoms with Gasteiger partial charge in [0, 0.05) is 5.38 Å². The lowest BCUT2D eigenvalue weighted by Gasteiger charge is -1.99. The summed E-state index contributed by atoms with van der Waals surface area (Å²) in [7, 11) is 0. The summed E-state index contributed by atoms with van der Waals surface area (Å²) < 4.78 is 0. The van der Waals surface area contributed by atoms with Gasteiger partial charge < -0.3 is 15.9 Å². The Labute approximate surface area is 107 Å². The number of thiazole rings is 1. The van der Waals surface area contributed by atoms with Crippen LogP contribution in [0.15, 0.2) is 29.6 Å². The van der Waals surface area contributed by atoms with Crippen molar-refractivity contribution in [3.63, 3.8) is 0 Å². The lowest BCUT2D eigenvalue weighted by Crippen LogP contribution is -2.00. The van der Waals surface area contributed by atoms with E-state index in [-0.39, 0.29) is 11.3 Å². The number of hydrogen-bond acceptors (Lipinski definition) is 5. The number of nitrogens with zero attached hydrogens (tertiary/aromatic N) is 1. The van der Waals surface area contributed by atoms with Crippen molar-refractivity contribution in [2.24, 2.45) is 0 Å². The molecule has 0 spiro atoms. The van der Waals surface area contributed by atoms with Crippen molar-refractivity contribution in [3.8, 4) is 5.75 Å². The third-order valence-corrected chi connectivity index (χ3v) is 2.91. The number of nitrogen functional groups attached to an aromatic ring is 1. The highest BCUT2D eigenvalue weighted by Crippen LogP contribution is 2.22. The molecule has 0 radical (unpaired) electrons. The Morgan fingerprint density at radius 1 is 1.33 bits per heavy atom. The Kier molecular flexibility index (Phi) is 3.29. The summed E-state index contributed by atoms with van der Waals surface area (Å²) in [6.45, 7) is 0. The summed E-state index contributed by atoms with van der Waals surface area (Å²) in [5, 5.41) is 20.2. The molecule has 92 valence electrons. The number of carboxylic acid groups (broad SMARTS) is 1. The fraction of sp³-hybridized carbons (Fsp3) is 0. The third kappa shape index (κ3) is 2.67. The van der Waals surface area contributed by atoms with Gasteiger partial charge in [-0.05, 0) is 23.8 Å². The van der Waals surface area contributed by atoms with Gasteiger partial charge in [0.05, 0.1) is 11.3 Å². The SMILES string of the molecule is Nc1nc(C(=Cc2ccc(O)cc2)C(=O)O)cs1. The van der Waals surface area contributed by atoms with Crippen molar-refractivity contribution in [3.05, 3.63) is 40.9 Å². The van der Waals surface area contributed by atoms with Crippen LogP contribution in [0.1, 0.15) is 11.3 Å². The zero-order chi connectivity index (χ0) is 13.1. The number of aliphatic carboxylic acids is 1. The number of aromatic nitrogens is 1. The Morgan fingerprint density at radius 3 is 2.50 bits per heavy atom. The van der Waals surface area contributed by atoms with Gasteiger partial charge in [-0.1, -0.05) is 12.1 Å². The van der Waals surface area contributed by atoms with Crippen LogP contribution < -0.4 is 5.73 Å². The molecule has 0 aliphatic rings. The van der Waals surface area contributed by atoms with Gasteiger partial charge in [-0.15, -0.1) is 11.3 Å². The van der Waals surface area contributed by atoms with Crippen LogP contribution in [-0.2, 0) is 4.79 Å². The van der Waals surface area contributed by atoms with Crippen LogP contribution in [-0.4, -0.2) is 21.2 Å². The van der Waals surface area contributed by atoms with E-state index >= 15 is 0 Å². The number of rotatable bonds is 3. The van der Waals surface area contributed by atoms with E-state index in [2.05, 4.69) is 4.98 Å². The van der Waals surface area contributed by atoms with E-state index in [4.69, 9.17) is 15.9 Å². The van der Waals surface area contributed by atoms with Gasteiger partial charge in [-0.3, -0.25) is 0 Å². The molecule has 1 heterocycles. The second-order valence-electron chi connectivity index (χ2n) is 3.53. The van der Waals surface area contributed by atoms with Crippen molar-refractivity contribution in [1.82, 2.24) is 4.98 Å². The zero-order valence-corrected chi connectivity index (χ0v) is 10.0. The molecule has 6 heteroatoms. The Bertz CT molecular complexity index is 602. The summed E-state index contributed by atoms with van der Waals surface area (Å²) in [5.41, 5.74) is 6.54. The van der Waals surface area contributed by atoms with Crippen LogP contribution in [0.25, 0.3) is 11.6 Å². The monoisotopic (exact) mass is 262 g/mol. The average Bonchev–Trinajstić information content (AvgIpc) is 2.74. The zero-order valence-electron chi connectivity index (χ0n) is 9.20. The minimum Gasteiger partial charge on any atom is -0.508 e. The van der Waals surface area contributed by atoms with E-state index in [1.165, 1.54) is 29.5 Å². The smallest absolute Gasteiger partial charge is 0.337 e. The van der Waals surface area contributed by atoms with Crippen molar-refractivity contribution in [2.75, 3.05) is 5.73 Å². The molecule has 18 heavy (non-hydrogen) atoms. The maximum atomic E-state index is 11.2. The van der Waals surface area contributed by atoms with Crippen LogP contribution in [0.5, 0.6) is 5.75 Å². The molecule has 0 aliphatic carbocycles. The van der Waals surface area contributed by atoms with E-state index in [9.17, 15) is 4.79 Å². The van der Waals surface area contributed by atoms with E-state index in [0.29, 0.717) is 16.4 Å². The van der Waals surface area contributed by atoms with Crippen molar-refractivity contribution in [2.45, 2.75) is 0 Å². The van der Waals surface area contributed by atoms with Crippen molar-refractivity contribution >= 4 is 34.1 Å². The van der Waals surface area contributed by atoms with E-state index in [1.807, 2.05) is 0 Å². The van der Waals surface area contributed by atoms with Crippen LogP contribution in [0, 0.1) is 0 Å². The van der Waals surface area contributed by atoms with Crippen LogP contribution in [0.4, 0.5) is 5.13 Å². The van der Waals surface area contributed by atoms with Gasteiger partial charge in [-0.2, -0.15) is 0 Å². The molecular weight excluding hydrogens is 252 g/mol. The summed E-state index contributed by atoms with van der Waals surface area (Å²) in [6.07, 6.45) is 1.48. The Hall–Kier alpha value is -2.34. The first kappa shape index (κ1) is 12.1. The van der Waals surface area contributed by atoms with Gasteiger partial charge in [0.15, 0.2) is 5.13 Å². The fourth-order valence-electron chi connectivity index (χ4n) is 1.39. The fourth-order valence-corrected chi connectivity index (χ4v) is 1.96. The molecule has 5 nitrogen and oxygen atoms in total. The molecule has 1 aromatic carbocycles. The first-order valence-corrected chi connectivity index (χ1v) is 5.89. The molecule has 1 aromatic heterocycles. The van der Waals surface area contributed by atoms with Crippen LogP contribution >= 0.6 is 11.3 Å². The molecule has 0 fully saturated rings. The number of hydrogen-bond donors (Lipinski definition) is 3. The molecule has 2 aromatic rings. The maximum absolute atomic E-state index is 11.2. The van der Waals surface area contributed by atoms with Gasteiger partial charge in [0.25, 0.3) is 0 Å². The first-order chi connectivity index (χ1) is 8.56. The van der Waals surface area contributed by atoms with E-state index < -0.39 is 5.97 Å². The first-order valence-electron chi connectivity index (χ1n) is 5.01.